The lowest BCUT2D eigenvalue weighted by molar-refractivity contribution is -0.524. The van der Waals surface area contributed by atoms with E-state index in [1.807, 2.05) is 0 Å². The summed E-state index contributed by atoms with van der Waals surface area (Å²) in [7, 11) is 0. The van der Waals surface area contributed by atoms with Gasteiger partial charge in [0.25, 0.3) is 0 Å². The molecule has 0 bridgehead atoms. The molecule has 0 fully saturated rings. The molecule has 0 saturated carbocycles. The summed E-state index contributed by atoms with van der Waals surface area (Å²) in [5.41, 5.74) is 0. The Hall–Kier alpha value is -1.13. The first-order valence-electron chi connectivity index (χ1n) is 3.84. The minimum Gasteiger partial charge on any atom is -0.466 e. The molecule has 0 rings (SSSR count). The first kappa shape index (κ1) is 10.9. The molecule has 0 spiro atoms. The third-order valence-corrected chi connectivity index (χ3v) is 1.53. The van der Waals surface area contributed by atoms with Crippen LogP contribution in [0.4, 0.5) is 0 Å². The van der Waals surface area contributed by atoms with Gasteiger partial charge in [0.15, 0.2) is 0 Å². The van der Waals surface area contributed by atoms with Crippen LogP contribution in [0.3, 0.4) is 0 Å². The van der Waals surface area contributed by atoms with E-state index in [0.29, 0.717) is 12.8 Å². The van der Waals surface area contributed by atoms with Crippen molar-refractivity contribution in [1.82, 2.24) is 0 Å². The quantitative estimate of drug-likeness (QED) is 0.355. The van der Waals surface area contributed by atoms with Gasteiger partial charge in [-0.15, -0.1) is 0 Å². The van der Waals surface area contributed by atoms with Crippen LogP contribution in [-0.4, -0.2) is 23.5 Å². The van der Waals surface area contributed by atoms with Crippen LogP contribution in [0.2, 0.25) is 0 Å². The van der Waals surface area contributed by atoms with Crippen LogP contribution in [0.25, 0.3) is 0 Å². The van der Waals surface area contributed by atoms with E-state index in [-0.39, 0.29) is 11.5 Å². The van der Waals surface area contributed by atoms with Crippen molar-refractivity contribution in [3.05, 3.63) is 10.1 Å². The van der Waals surface area contributed by atoms with E-state index in [9.17, 15) is 14.9 Å². The minimum atomic E-state index is -0.593. The number of nitro groups is 1. The molecule has 5 nitrogen and oxygen atoms in total. The number of carbonyl (C=O) groups excluding carboxylic acids is 1. The highest BCUT2D eigenvalue weighted by Crippen LogP contribution is 2.01. The maximum atomic E-state index is 10.3. The Morgan fingerprint density at radius 3 is 2.58 bits per heavy atom. The van der Waals surface area contributed by atoms with Gasteiger partial charge in [-0.1, -0.05) is 6.92 Å². The third-order valence-electron chi connectivity index (χ3n) is 1.53. The molecule has 1 unspecified atom stereocenters. The highest BCUT2D eigenvalue weighted by atomic mass is 16.6. The summed E-state index contributed by atoms with van der Waals surface area (Å²) < 4.78 is 4.58. The lowest BCUT2D eigenvalue weighted by atomic mass is 10.2. The van der Waals surface area contributed by atoms with Crippen LogP contribution >= 0.6 is 0 Å². The average molecular weight is 175 g/mol. The molecule has 0 aromatic heterocycles. The van der Waals surface area contributed by atoms with Crippen LogP contribution in [0.15, 0.2) is 0 Å². The first-order valence-corrected chi connectivity index (χ1v) is 3.84. The number of hydrogen-bond acceptors (Lipinski definition) is 4. The van der Waals surface area contributed by atoms with Gasteiger partial charge in [0.05, 0.1) is 6.61 Å². The maximum absolute atomic E-state index is 10.3. The number of carbonyl (C=O) groups is 1. The molecular weight excluding hydrogens is 162 g/mol. The fraction of sp³-hybridized carbons (Fsp3) is 0.857. The van der Waals surface area contributed by atoms with Crippen LogP contribution in [0, 0.1) is 10.1 Å². The van der Waals surface area contributed by atoms with E-state index in [2.05, 4.69) is 4.74 Å². The van der Waals surface area contributed by atoms with Crippen molar-refractivity contribution in [2.45, 2.75) is 32.7 Å². The van der Waals surface area contributed by atoms with Gasteiger partial charge in [-0.05, 0) is 0 Å². The summed E-state index contributed by atoms with van der Waals surface area (Å²) in [4.78, 5) is 20.2. The number of rotatable bonds is 5. The number of ether oxygens (including phenoxy) is 1. The Morgan fingerprint density at radius 2 is 2.25 bits per heavy atom. The minimum absolute atomic E-state index is 0.134. The van der Waals surface area contributed by atoms with Crippen LogP contribution < -0.4 is 0 Å². The summed E-state index contributed by atoms with van der Waals surface area (Å²) >= 11 is 0. The Labute approximate surface area is 70.9 Å². The second-order valence-electron chi connectivity index (χ2n) is 2.48. The zero-order chi connectivity index (χ0) is 9.56. The van der Waals surface area contributed by atoms with Gasteiger partial charge in [-0.3, -0.25) is 14.9 Å². The molecule has 5 heteroatoms. The predicted molar refractivity (Wildman–Crippen MR) is 42.3 cm³/mol. The van der Waals surface area contributed by atoms with Crippen molar-refractivity contribution in [1.29, 1.82) is 0 Å². The Morgan fingerprint density at radius 1 is 1.67 bits per heavy atom. The molecule has 0 amide bonds. The topological polar surface area (TPSA) is 69.4 Å². The zero-order valence-electron chi connectivity index (χ0n) is 7.28. The van der Waals surface area contributed by atoms with Crippen LogP contribution in [-0.2, 0) is 9.53 Å². The summed E-state index contributed by atoms with van der Waals surface area (Å²) in [5.74, 6) is -0.395. The standard InChI is InChI=1S/C7H13NO4/c1-3-7(8(10)11)4-5-12-6(2)9/h7H,3-5H2,1-2H3. The van der Waals surface area contributed by atoms with Gasteiger partial charge in [0.1, 0.15) is 0 Å². The average Bonchev–Trinajstić information content (AvgIpc) is 1.96. The van der Waals surface area contributed by atoms with E-state index < -0.39 is 12.0 Å². The van der Waals surface area contributed by atoms with Crippen molar-refractivity contribution < 1.29 is 14.5 Å². The largest absolute Gasteiger partial charge is 0.466 e. The predicted octanol–water partition coefficient (Wildman–Crippen LogP) is 0.995. The van der Waals surface area contributed by atoms with E-state index in [0.717, 1.165) is 0 Å². The van der Waals surface area contributed by atoms with Gasteiger partial charge in [-0.25, -0.2) is 0 Å². The van der Waals surface area contributed by atoms with Crippen LogP contribution in [0.5, 0.6) is 0 Å². The molecule has 0 aliphatic heterocycles. The van der Waals surface area contributed by atoms with E-state index >= 15 is 0 Å². The summed E-state index contributed by atoms with van der Waals surface area (Å²) in [6.07, 6.45) is 0.761. The lowest BCUT2D eigenvalue weighted by Crippen LogP contribution is -2.20. The Kier molecular flexibility index (Phi) is 4.99. The third kappa shape index (κ3) is 4.65. The maximum Gasteiger partial charge on any atom is 0.302 e. The highest BCUT2D eigenvalue weighted by Gasteiger charge is 2.16. The second kappa shape index (κ2) is 5.51. The Balaban J connectivity index is 3.59. The summed E-state index contributed by atoms with van der Waals surface area (Å²) in [6, 6.07) is -0.593. The number of nitrogens with zero attached hydrogens (tertiary/aromatic N) is 1. The van der Waals surface area contributed by atoms with Gasteiger partial charge in [-0.2, -0.15) is 0 Å². The van der Waals surface area contributed by atoms with E-state index in [4.69, 9.17) is 0 Å². The van der Waals surface area contributed by atoms with Gasteiger partial charge in [0, 0.05) is 24.7 Å². The Bertz CT molecular complexity index is 169. The number of hydrogen-bond donors (Lipinski definition) is 0. The highest BCUT2D eigenvalue weighted by molar-refractivity contribution is 5.65. The fourth-order valence-electron chi connectivity index (χ4n) is 0.797. The van der Waals surface area contributed by atoms with Crippen molar-refractivity contribution in [3.63, 3.8) is 0 Å². The lowest BCUT2D eigenvalue weighted by Gasteiger charge is -2.05. The molecular formula is C7H13NO4. The second-order valence-corrected chi connectivity index (χ2v) is 2.48. The smallest absolute Gasteiger partial charge is 0.302 e. The molecule has 0 radical (unpaired) electrons. The molecule has 0 N–H and O–H groups in total. The van der Waals surface area contributed by atoms with E-state index in [1.54, 1.807) is 6.92 Å². The van der Waals surface area contributed by atoms with Crippen LogP contribution in [0.1, 0.15) is 26.7 Å². The molecule has 12 heavy (non-hydrogen) atoms. The van der Waals surface area contributed by atoms with Crippen molar-refractivity contribution in [2.75, 3.05) is 6.61 Å². The molecule has 70 valence electrons. The molecule has 1 atom stereocenters. The number of esters is 1. The summed E-state index contributed by atoms with van der Waals surface area (Å²) in [5, 5.41) is 10.3. The van der Waals surface area contributed by atoms with E-state index in [1.165, 1.54) is 6.92 Å². The van der Waals surface area contributed by atoms with Gasteiger partial charge in [0.2, 0.25) is 6.04 Å². The zero-order valence-corrected chi connectivity index (χ0v) is 7.28. The molecule has 0 aliphatic carbocycles. The van der Waals surface area contributed by atoms with Crippen molar-refractivity contribution in [2.24, 2.45) is 0 Å². The molecule has 0 aromatic rings. The normalized spacial score (nSPS) is 12.2. The molecule has 0 saturated heterocycles. The summed E-state index contributed by atoms with van der Waals surface area (Å²) in [6.45, 7) is 3.16. The first-order chi connectivity index (χ1) is 5.57. The molecule has 0 heterocycles. The fourth-order valence-corrected chi connectivity index (χ4v) is 0.797. The molecule has 0 aliphatic rings. The van der Waals surface area contributed by atoms with Crippen molar-refractivity contribution >= 4 is 5.97 Å². The van der Waals surface area contributed by atoms with Crippen molar-refractivity contribution in [3.8, 4) is 0 Å². The SMILES string of the molecule is CCC(CCOC(C)=O)[N+](=O)[O-]. The van der Waals surface area contributed by atoms with Gasteiger partial charge < -0.3 is 4.74 Å². The molecule has 0 aromatic carbocycles. The monoisotopic (exact) mass is 175 g/mol. The van der Waals surface area contributed by atoms with Gasteiger partial charge >= 0.3 is 5.97 Å².